The first-order valence-electron chi connectivity index (χ1n) is 5.08. The molecule has 2 N–H and O–H groups in total. The van der Waals surface area contributed by atoms with Crippen molar-refractivity contribution in [1.82, 2.24) is 9.97 Å². The highest BCUT2D eigenvalue weighted by molar-refractivity contribution is 5.34. The molecule has 0 aliphatic heterocycles. The second-order valence-corrected chi connectivity index (χ2v) is 3.21. The van der Waals surface area contributed by atoms with E-state index in [-0.39, 0.29) is 12.6 Å². The van der Waals surface area contributed by atoms with E-state index in [0.29, 0.717) is 17.7 Å². The number of aromatic nitrogens is 2. The van der Waals surface area contributed by atoms with E-state index in [4.69, 9.17) is 14.6 Å². The average Bonchev–Trinajstić information content (AvgIpc) is 2.35. The molecule has 1 aromatic heterocycles. The summed E-state index contributed by atoms with van der Waals surface area (Å²) in [5.74, 6) is 1.22. The van der Waals surface area contributed by atoms with Crippen LogP contribution in [0.4, 0.5) is 5.95 Å². The SMILES string of the molecule is CCC(CO)Nc1nc(OC)cc(OC)n1. The third-order valence-corrected chi connectivity index (χ3v) is 2.14. The Morgan fingerprint density at radius 2 is 1.88 bits per heavy atom. The molecule has 0 aliphatic rings. The molecule has 1 aromatic rings. The molecule has 16 heavy (non-hydrogen) atoms. The van der Waals surface area contributed by atoms with E-state index in [2.05, 4.69) is 15.3 Å². The van der Waals surface area contributed by atoms with Gasteiger partial charge in [0.25, 0.3) is 0 Å². The van der Waals surface area contributed by atoms with E-state index in [9.17, 15) is 0 Å². The lowest BCUT2D eigenvalue weighted by Gasteiger charge is -2.14. The van der Waals surface area contributed by atoms with Gasteiger partial charge in [0.05, 0.1) is 32.9 Å². The van der Waals surface area contributed by atoms with Crippen LogP contribution in [0.25, 0.3) is 0 Å². The zero-order valence-electron chi connectivity index (χ0n) is 9.73. The summed E-state index contributed by atoms with van der Waals surface area (Å²) in [5, 5.41) is 12.1. The molecule has 0 saturated heterocycles. The maximum Gasteiger partial charge on any atom is 0.229 e. The fourth-order valence-corrected chi connectivity index (χ4v) is 1.14. The van der Waals surface area contributed by atoms with E-state index in [1.165, 1.54) is 14.2 Å². The Bertz CT molecular complexity index is 307. The molecule has 1 atom stereocenters. The zero-order valence-corrected chi connectivity index (χ0v) is 9.73. The second kappa shape index (κ2) is 6.12. The minimum absolute atomic E-state index is 0.0272. The summed E-state index contributed by atoms with van der Waals surface area (Å²) >= 11 is 0. The smallest absolute Gasteiger partial charge is 0.229 e. The maximum atomic E-state index is 9.06. The maximum absolute atomic E-state index is 9.06. The molecule has 0 fully saturated rings. The third-order valence-electron chi connectivity index (χ3n) is 2.14. The van der Waals surface area contributed by atoms with Crippen molar-refractivity contribution in [2.45, 2.75) is 19.4 Å². The highest BCUT2D eigenvalue weighted by Gasteiger charge is 2.09. The highest BCUT2D eigenvalue weighted by atomic mass is 16.5. The predicted molar refractivity (Wildman–Crippen MR) is 59.9 cm³/mol. The van der Waals surface area contributed by atoms with Gasteiger partial charge in [-0.3, -0.25) is 0 Å². The Labute approximate surface area is 94.6 Å². The second-order valence-electron chi connectivity index (χ2n) is 3.21. The van der Waals surface area contributed by atoms with Crippen molar-refractivity contribution >= 4 is 5.95 Å². The molecule has 0 bridgehead atoms. The minimum atomic E-state index is -0.0724. The molecule has 0 saturated carbocycles. The first kappa shape index (κ1) is 12.5. The van der Waals surface area contributed by atoms with Gasteiger partial charge >= 0.3 is 0 Å². The number of methoxy groups -OCH3 is 2. The molecule has 0 radical (unpaired) electrons. The quantitative estimate of drug-likeness (QED) is 0.744. The summed E-state index contributed by atoms with van der Waals surface area (Å²) < 4.78 is 10.0. The van der Waals surface area contributed by atoms with E-state index < -0.39 is 0 Å². The number of aliphatic hydroxyl groups is 1. The summed E-state index contributed by atoms with van der Waals surface area (Å²) in [7, 11) is 3.05. The Hall–Kier alpha value is -1.56. The third kappa shape index (κ3) is 3.23. The van der Waals surface area contributed by atoms with Crippen molar-refractivity contribution < 1.29 is 14.6 Å². The molecule has 1 rings (SSSR count). The van der Waals surface area contributed by atoms with E-state index in [1.807, 2.05) is 6.92 Å². The van der Waals surface area contributed by atoms with Crippen LogP contribution in [0.1, 0.15) is 13.3 Å². The van der Waals surface area contributed by atoms with Crippen LogP contribution in [0.5, 0.6) is 11.8 Å². The molecular weight excluding hydrogens is 210 g/mol. The van der Waals surface area contributed by atoms with Crippen LogP contribution in [-0.4, -0.2) is 41.9 Å². The number of hydrogen-bond acceptors (Lipinski definition) is 6. The lowest BCUT2D eigenvalue weighted by Crippen LogP contribution is -2.24. The Morgan fingerprint density at radius 3 is 2.25 bits per heavy atom. The van der Waals surface area contributed by atoms with Crippen LogP contribution < -0.4 is 14.8 Å². The van der Waals surface area contributed by atoms with E-state index in [1.54, 1.807) is 6.07 Å². The van der Waals surface area contributed by atoms with Crippen molar-refractivity contribution in [2.75, 3.05) is 26.1 Å². The van der Waals surface area contributed by atoms with Gasteiger partial charge in [-0.15, -0.1) is 0 Å². The fraction of sp³-hybridized carbons (Fsp3) is 0.600. The Kier molecular flexibility index (Phi) is 4.78. The highest BCUT2D eigenvalue weighted by Crippen LogP contribution is 2.17. The minimum Gasteiger partial charge on any atom is -0.481 e. The van der Waals surface area contributed by atoms with Crippen LogP contribution in [0, 0.1) is 0 Å². The van der Waals surface area contributed by atoms with Gasteiger partial charge in [-0.05, 0) is 6.42 Å². The summed E-state index contributed by atoms with van der Waals surface area (Å²) in [6.45, 7) is 1.99. The number of anilines is 1. The van der Waals surface area contributed by atoms with Crippen molar-refractivity contribution in [2.24, 2.45) is 0 Å². The van der Waals surface area contributed by atoms with Crippen molar-refractivity contribution in [3.05, 3.63) is 6.07 Å². The standard InChI is InChI=1S/C10H17N3O3/c1-4-7(6-14)11-10-12-8(15-2)5-9(13-10)16-3/h5,7,14H,4,6H2,1-3H3,(H,11,12,13). The summed E-state index contributed by atoms with van der Waals surface area (Å²) in [5.41, 5.74) is 0. The zero-order chi connectivity index (χ0) is 12.0. The number of rotatable bonds is 6. The number of aliphatic hydroxyl groups excluding tert-OH is 1. The number of nitrogens with one attached hydrogen (secondary N) is 1. The lowest BCUT2D eigenvalue weighted by molar-refractivity contribution is 0.271. The molecule has 0 aliphatic carbocycles. The van der Waals surface area contributed by atoms with Crippen LogP contribution in [0.15, 0.2) is 6.07 Å². The molecule has 0 aromatic carbocycles. The van der Waals surface area contributed by atoms with Gasteiger partial charge in [0.1, 0.15) is 0 Å². The number of ether oxygens (including phenoxy) is 2. The molecule has 6 nitrogen and oxygen atoms in total. The van der Waals surface area contributed by atoms with Crippen molar-refractivity contribution in [3.8, 4) is 11.8 Å². The molecule has 90 valence electrons. The molecule has 0 amide bonds. The number of nitrogens with zero attached hydrogens (tertiary/aromatic N) is 2. The molecule has 6 heteroatoms. The number of hydrogen-bond donors (Lipinski definition) is 2. The Morgan fingerprint density at radius 1 is 1.31 bits per heavy atom. The molecule has 0 spiro atoms. The van der Waals surface area contributed by atoms with E-state index in [0.717, 1.165) is 6.42 Å². The van der Waals surface area contributed by atoms with Gasteiger partial charge in [0, 0.05) is 0 Å². The van der Waals surface area contributed by atoms with Crippen LogP contribution >= 0.6 is 0 Å². The van der Waals surface area contributed by atoms with Gasteiger partial charge in [0.2, 0.25) is 17.7 Å². The van der Waals surface area contributed by atoms with Gasteiger partial charge in [-0.1, -0.05) is 6.92 Å². The molecule has 1 unspecified atom stereocenters. The molecular formula is C10H17N3O3. The monoisotopic (exact) mass is 227 g/mol. The van der Waals surface area contributed by atoms with Crippen LogP contribution in [-0.2, 0) is 0 Å². The summed E-state index contributed by atoms with van der Waals surface area (Å²) in [6, 6.07) is 1.52. The summed E-state index contributed by atoms with van der Waals surface area (Å²) in [6.07, 6.45) is 0.777. The topological polar surface area (TPSA) is 76.5 Å². The normalized spacial score (nSPS) is 12.0. The van der Waals surface area contributed by atoms with Gasteiger partial charge in [0.15, 0.2) is 0 Å². The van der Waals surface area contributed by atoms with Crippen LogP contribution in [0.2, 0.25) is 0 Å². The van der Waals surface area contributed by atoms with Crippen molar-refractivity contribution in [1.29, 1.82) is 0 Å². The lowest BCUT2D eigenvalue weighted by atomic mass is 10.2. The van der Waals surface area contributed by atoms with E-state index >= 15 is 0 Å². The van der Waals surface area contributed by atoms with Crippen molar-refractivity contribution in [3.63, 3.8) is 0 Å². The van der Waals surface area contributed by atoms with Gasteiger partial charge in [-0.25, -0.2) is 0 Å². The van der Waals surface area contributed by atoms with Crippen LogP contribution in [0.3, 0.4) is 0 Å². The van der Waals surface area contributed by atoms with Gasteiger partial charge < -0.3 is 19.9 Å². The first-order valence-corrected chi connectivity index (χ1v) is 5.08. The average molecular weight is 227 g/mol. The Balaban J connectivity index is 2.85. The molecule has 1 heterocycles. The summed E-state index contributed by atoms with van der Waals surface area (Å²) in [4.78, 5) is 8.20. The van der Waals surface area contributed by atoms with Gasteiger partial charge in [-0.2, -0.15) is 9.97 Å². The fourth-order valence-electron chi connectivity index (χ4n) is 1.14. The first-order chi connectivity index (χ1) is 7.73. The predicted octanol–water partition coefficient (Wildman–Crippen LogP) is 0.677. The largest absolute Gasteiger partial charge is 0.481 e.